The van der Waals surface area contributed by atoms with E-state index in [1.165, 1.54) is 12.8 Å². The predicted molar refractivity (Wildman–Crippen MR) is 72.2 cm³/mol. The van der Waals surface area contributed by atoms with Crippen LogP contribution in [-0.4, -0.2) is 9.97 Å². The average Bonchev–Trinajstić information content (AvgIpc) is 3.18. The Balaban J connectivity index is 2.12. The molecule has 0 unspecified atom stereocenters. The topological polar surface area (TPSA) is 25.8 Å². The quantitative estimate of drug-likeness (QED) is 0.767. The highest BCUT2D eigenvalue weighted by molar-refractivity contribution is 9.10. The van der Waals surface area contributed by atoms with Crippen molar-refractivity contribution in [2.45, 2.75) is 18.8 Å². The zero-order chi connectivity index (χ0) is 11.8. The van der Waals surface area contributed by atoms with Crippen LogP contribution in [0.4, 0.5) is 0 Å². The first kappa shape index (κ1) is 11.2. The van der Waals surface area contributed by atoms with Crippen LogP contribution in [0.2, 0.25) is 5.15 Å². The van der Waals surface area contributed by atoms with Gasteiger partial charge in [-0.2, -0.15) is 0 Å². The monoisotopic (exact) mass is 308 g/mol. The molecule has 0 saturated heterocycles. The van der Waals surface area contributed by atoms with Gasteiger partial charge in [0.1, 0.15) is 5.15 Å². The molecule has 1 aromatic carbocycles. The highest BCUT2D eigenvalue weighted by atomic mass is 79.9. The van der Waals surface area contributed by atoms with Gasteiger partial charge in [0.15, 0.2) is 5.82 Å². The minimum atomic E-state index is 0.501. The van der Waals surface area contributed by atoms with Crippen molar-refractivity contribution in [2.75, 3.05) is 0 Å². The molecule has 1 fully saturated rings. The molecule has 0 spiro atoms. The zero-order valence-electron chi connectivity index (χ0n) is 9.03. The third-order valence-corrected chi connectivity index (χ3v) is 4.12. The Kier molecular flexibility index (Phi) is 2.89. The largest absolute Gasteiger partial charge is 0.231 e. The van der Waals surface area contributed by atoms with Crippen molar-refractivity contribution < 1.29 is 0 Å². The zero-order valence-corrected chi connectivity index (χ0v) is 11.4. The summed E-state index contributed by atoms with van der Waals surface area (Å²) in [5.74, 6) is 1.26. The molecule has 1 aliphatic carbocycles. The fraction of sp³-hybridized carbons (Fsp3) is 0.231. The van der Waals surface area contributed by atoms with Crippen LogP contribution in [0.3, 0.4) is 0 Å². The summed E-state index contributed by atoms with van der Waals surface area (Å²) in [6.45, 7) is 0. The van der Waals surface area contributed by atoms with Crippen molar-refractivity contribution in [1.29, 1.82) is 0 Å². The summed E-state index contributed by atoms with van der Waals surface area (Å²) in [7, 11) is 0. The number of rotatable bonds is 2. The first-order valence-corrected chi connectivity index (χ1v) is 6.71. The second kappa shape index (κ2) is 4.39. The van der Waals surface area contributed by atoms with E-state index in [0.717, 1.165) is 15.7 Å². The van der Waals surface area contributed by atoms with Crippen molar-refractivity contribution in [1.82, 2.24) is 9.97 Å². The van der Waals surface area contributed by atoms with Crippen LogP contribution in [0.15, 0.2) is 34.8 Å². The lowest BCUT2D eigenvalue weighted by molar-refractivity contribution is 0.979. The Hall–Kier alpha value is -0.930. The first-order valence-electron chi connectivity index (χ1n) is 5.54. The van der Waals surface area contributed by atoms with Crippen molar-refractivity contribution in [3.05, 3.63) is 45.7 Å². The Bertz CT molecular complexity index is 553. The van der Waals surface area contributed by atoms with Gasteiger partial charge in [0.05, 0.1) is 10.2 Å². The van der Waals surface area contributed by atoms with Crippen LogP contribution < -0.4 is 0 Å². The van der Waals surface area contributed by atoms with E-state index < -0.39 is 0 Å². The maximum Gasteiger partial charge on any atom is 0.161 e. The molecule has 1 aliphatic rings. The van der Waals surface area contributed by atoms with Crippen LogP contribution in [0.1, 0.15) is 24.5 Å². The fourth-order valence-electron chi connectivity index (χ4n) is 1.78. The van der Waals surface area contributed by atoms with Gasteiger partial charge in [0.2, 0.25) is 0 Å². The molecule has 0 atom stereocenters. The highest BCUT2D eigenvalue weighted by Crippen LogP contribution is 2.44. The molecule has 0 amide bonds. The van der Waals surface area contributed by atoms with E-state index in [4.69, 9.17) is 11.6 Å². The molecule has 17 heavy (non-hydrogen) atoms. The van der Waals surface area contributed by atoms with E-state index in [1.807, 2.05) is 30.3 Å². The molecule has 0 bridgehead atoms. The van der Waals surface area contributed by atoms with Crippen LogP contribution in [0.5, 0.6) is 0 Å². The van der Waals surface area contributed by atoms with Crippen LogP contribution in [0.25, 0.3) is 11.4 Å². The standard InChI is InChI=1S/C13H10BrClN2/c14-10-11(8-6-7-8)16-13(17-12(10)15)9-4-2-1-3-5-9/h1-5,8H,6-7H2. The number of halogens is 2. The number of hydrogen-bond donors (Lipinski definition) is 0. The molecule has 2 nitrogen and oxygen atoms in total. The molecule has 0 N–H and O–H groups in total. The Labute approximate surface area is 113 Å². The molecular weight excluding hydrogens is 300 g/mol. The number of benzene rings is 1. The summed E-state index contributed by atoms with van der Waals surface area (Å²) in [6, 6.07) is 9.93. The second-order valence-corrected chi connectivity index (χ2v) is 5.33. The minimum Gasteiger partial charge on any atom is -0.231 e. The van der Waals surface area contributed by atoms with Gasteiger partial charge in [-0.3, -0.25) is 0 Å². The van der Waals surface area contributed by atoms with Gasteiger partial charge in [0, 0.05) is 11.5 Å². The number of hydrogen-bond acceptors (Lipinski definition) is 2. The molecule has 0 radical (unpaired) electrons. The molecule has 1 saturated carbocycles. The van der Waals surface area contributed by atoms with Crippen molar-refractivity contribution in [3.8, 4) is 11.4 Å². The fourth-order valence-corrected chi connectivity index (χ4v) is 2.46. The van der Waals surface area contributed by atoms with Gasteiger partial charge in [-0.15, -0.1) is 0 Å². The van der Waals surface area contributed by atoms with E-state index in [0.29, 0.717) is 16.9 Å². The minimum absolute atomic E-state index is 0.501. The van der Waals surface area contributed by atoms with E-state index >= 15 is 0 Å². The van der Waals surface area contributed by atoms with Gasteiger partial charge in [-0.05, 0) is 28.8 Å². The average molecular weight is 310 g/mol. The van der Waals surface area contributed by atoms with Gasteiger partial charge in [-0.25, -0.2) is 9.97 Å². The van der Waals surface area contributed by atoms with E-state index in [1.54, 1.807) is 0 Å². The molecule has 4 heteroatoms. The van der Waals surface area contributed by atoms with Gasteiger partial charge >= 0.3 is 0 Å². The van der Waals surface area contributed by atoms with Gasteiger partial charge < -0.3 is 0 Å². The maximum absolute atomic E-state index is 6.14. The maximum atomic E-state index is 6.14. The molecule has 0 aliphatic heterocycles. The second-order valence-electron chi connectivity index (χ2n) is 4.18. The van der Waals surface area contributed by atoms with Gasteiger partial charge in [0.25, 0.3) is 0 Å². The van der Waals surface area contributed by atoms with Crippen molar-refractivity contribution in [2.24, 2.45) is 0 Å². The van der Waals surface area contributed by atoms with Crippen molar-refractivity contribution >= 4 is 27.5 Å². The smallest absolute Gasteiger partial charge is 0.161 e. The Morgan fingerprint density at radius 3 is 2.47 bits per heavy atom. The lowest BCUT2D eigenvalue weighted by Crippen LogP contribution is -1.97. The lowest BCUT2D eigenvalue weighted by atomic mass is 10.2. The molecule has 1 aromatic heterocycles. The van der Waals surface area contributed by atoms with Gasteiger partial charge in [-0.1, -0.05) is 41.9 Å². The van der Waals surface area contributed by atoms with Crippen LogP contribution in [-0.2, 0) is 0 Å². The summed E-state index contributed by atoms with van der Waals surface area (Å²) in [6.07, 6.45) is 2.39. The first-order chi connectivity index (χ1) is 8.25. The summed E-state index contributed by atoms with van der Waals surface area (Å²) in [5, 5.41) is 0.501. The summed E-state index contributed by atoms with van der Waals surface area (Å²) >= 11 is 9.61. The highest BCUT2D eigenvalue weighted by Gasteiger charge is 2.29. The molecule has 1 heterocycles. The molecule has 86 valence electrons. The SMILES string of the molecule is Clc1nc(-c2ccccc2)nc(C2CC2)c1Br. The molecular formula is C13H10BrClN2. The molecule has 3 rings (SSSR count). The van der Waals surface area contributed by atoms with E-state index in [9.17, 15) is 0 Å². The summed E-state index contributed by atoms with van der Waals surface area (Å²) in [4.78, 5) is 8.94. The Morgan fingerprint density at radius 1 is 1.12 bits per heavy atom. The van der Waals surface area contributed by atoms with Crippen LogP contribution in [0, 0.1) is 0 Å². The molecule has 2 aromatic rings. The third kappa shape index (κ3) is 2.22. The third-order valence-electron chi connectivity index (χ3n) is 2.83. The summed E-state index contributed by atoms with van der Waals surface area (Å²) in [5.41, 5.74) is 2.05. The predicted octanol–water partition coefficient (Wildman–Crippen LogP) is 4.44. The van der Waals surface area contributed by atoms with E-state index in [-0.39, 0.29) is 0 Å². The van der Waals surface area contributed by atoms with Crippen molar-refractivity contribution in [3.63, 3.8) is 0 Å². The number of nitrogens with zero attached hydrogens (tertiary/aromatic N) is 2. The van der Waals surface area contributed by atoms with E-state index in [2.05, 4.69) is 25.9 Å². The Morgan fingerprint density at radius 2 is 1.82 bits per heavy atom. The summed E-state index contributed by atoms with van der Waals surface area (Å²) < 4.78 is 0.848. The van der Waals surface area contributed by atoms with Crippen LogP contribution >= 0.6 is 27.5 Å². The number of aromatic nitrogens is 2. The normalized spacial score (nSPS) is 14.9. The lowest BCUT2D eigenvalue weighted by Gasteiger charge is -2.07.